The molecule has 2 rings (SSSR count). The maximum absolute atomic E-state index is 12.8. The third kappa shape index (κ3) is 4.45. The second-order valence-corrected chi connectivity index (χ2v) is 5.02. The minimum atomic E-state index is -4.39. The summed E-state index contributed by atoms with van der Waals surface area (Å²) in [5, 5.41) is 2.72. The molecular formula is C18H16F3NO. The zero-order valence-electron chi connectivity index (χ0n) is 12.4. The lowest BCUT2D eigenvalue weighted by Gasteiger charge is -2.13. The van der Waals surface area contributed by atoms with Gasteiger partial charge >= 0.3 is 6.18 Å². The topological polar surface area (TPSA) is 29.1 Å². The van der Waals surface area contributed by atoms with E-state index in [2.05, 4.69) is 11.9 Å². The van der Waals surface area contributed by atoms with E-state index < -0.39 is 11.7 Å². The van der Waals surface area contributed by atoms with Crippen molar-refractivity contribution in [2.75, 3.05) is 0 Å². The molecule has 5 heteroatoms. The molecule has 120 valence electrons. The minimum absolute atomic E-state index is 0.162. The van der Waals surface area contributed by atoms with Crippen LogP contribution in [0.3, 0.4) is 0 Å². The third-order valence-corrected chi connectivity index (χ3v) is 3.37. The summed E-state index contributed by atoms with van der Waals surface area (Å²) in [4.78, 5) is 12.0. The molecule has 23 heavy (non-hydrogen) atoms. The van der Waals surface area contributed by atoms with Crippen LogP contribution in [-0.4, -0.2) is 5.91 Å². The first-order chi connectivity index (χ1) is 10.9. The number of allylic oxidation sites excluding steroid dienone is 1. The lowest BCUT2D eigenvalue weighted by Crippen LogP contribution is -2.23. The molecule has 0 aliphatic rings. The van der Waals surface area contributed by atoms with Gasteiger partial charge < -0.3 is 5.32 Å². The van der Waals surface area contributed by atoms with Crippen LogP contribution in [0.25, 0.3) is 0 Å². The molecule has 0 fully saturated rings. The second-order valence-electron chi connectivity index (χ2n) is 5.02. The van der Waals surface area contributed by atoms with Gasteiger partial charge in [-0.1, -0.05) is 30.3 Å². The number of rotatable bonds is 5. The fraction of sp³-hybridized carbons (Fsp3) is 0.167. The molecule has 0 atom stereocenters. The van der Waals surface area contributed by atoms with Crippen molar-refractivity contribution >= 4 is 5.91 Å². The molecule has 1 N–H and O–H groups in total. The van der Waals surface area contributed by atoms with Crippen molar-refractivity contribution in [2.24, 2.45) is 0 Å². The molecule has 0 saturated heterocycles. The zero-order valence-corrected chi connectivity index (χ0v) is 12.4. The Kier molecular flexibility index (Phi) is 5.21. The van der Waals surface area contributed by atoms with Gasteiger partial charge in [0.15, 0.2) is 0 Å². The predicted octanol–water partition coefficient (Wildman–Crippen LogP) is 4.36. The molecular weight excluding hydrogens is 303 g/mol. The van der Waals surface area contributed by atoms with Crippen LogP contribution in [0.5, 0.6) is 0 Å². The van der Waals surface area contributed by atoms with Crippen LogP contribution in [-0.2, 0) is 19.1 Å². The average molecular weight is 319 g/mol. The van der Waals surface area contributed by atoms with Crippen LogP contribution in [0.1, 0.15) is 27.0 Å². The van der Waals surface area contributed by atoms with Crippen molar-refractivity contribution in [3.63, 3.8) is 0 Å². The molecule has 2 aromatic carbocycles. The summed E-state index contributed by atoms with van der Waals surface area (Å²) in [6.07, 6.45) is -2.54. The molecule has 2 aromatic rings. The van der Waals surface area contributed by atoms with E-state index in [1.165, 1.54) is 12.1 Å². The molecule has 0 spiro atoms. The van der Waals surface area contributed by atoms with Crippen LogP contribution in [0, 0.1) is 0 Å². The van der Waals surface area contributed by atoms with Crippen molar-refractivity contribution in [3.05, 3.63) is 83.4 Å². The number of alkyl halides is 3. The lowest BCUT2D eigenvalue weighted by atomic mass is 10.0. The molecule has 0 bridgehead atoms. The fourth-order valence-electron chi connectivity index (χ4n) is 2.19. The molecule has 0 aliphatic carbocycles. The summed E-state index contributed by atoms with van der Waals surface area (Å²) in [6.45, 7) is 3.72. The van der Waals surface area contributed by atoms with Crippen LogP contribution in [0.15, 0.2) is 61.2 Å². The Morgan fingerprint density at radius 2 is 1.78 bits per heavy atom. The number of amides is 1. The monoisotopic (exact) mass is 319 g/mol. The average Bonchev–Trinajstić information content (AvgIpc) is 2.53. The number of hydrogen-bond donors (Lipinski definition) is 1. The summed E-state index contributed by atoms with van der Waals surface area (Å²) < 4.78 is 38.3. The van der Waals surface area contributed by atoms with Crippen LogP contribution >= 0.6 is 0 Å². The highest BCUT2D eigenvalue weighted by molar-refractivity contribution is 5.94. The van der Waals surface area contributed by atoms with E-state index in [-0.39, 0.29) is 12.5 Å². The van der Waals surface area contributed by atoms with E-state index in [4.69, 9.17) is 0 Å². The summed E-state index contributed by atoms with van der Waals surface area (Å²) >= 11 is 0. The summed E-state index contributed by atoms with van der Waals surface area (Å²) in [5.41, 5.74) is 0.947. The number of benzene rings is 2. The number of nitrogens with one attached hydrogen (secondary N) is 1. The maximum atomic E-state index is 12.8. The molecule has 0 radical (unpaired) electrons. The zero-order chi connectivity index (χ0) is 16.9. The van der Waals surface area contributed by atoms with Crippen LogP contribution in [0.2, 0.25) is 0 Å². The van der Waals surface area contributed by atoms with Crippen LogP contribution in [0.4, 0.5) is 13.2 Å². The van der Waals surface area contributed by atoms with E-state index >= 15 is 0 Å². The summed E-state index contributed by atoms with van der Waals surface area (Å²) in [7, 11) is 0. The lowest BCUT2D eigenvalue weighted by molar-refractivity contribution is -0.137. The Bertz CT molecular complexity index is 693. The largest absolute Gasteiger partial charge is 0.416 e. The van der Waals surface area contributed by atoms with Gasteiger partial charge in [0.2, 0.25) is 0 Å². The van der Waals surface area contributed by atoms with Gasteiger partial charge in [-0.25, -0.2) is 0 Å². The van der Waals surface area contributed by atoms with E-state index in [9.17, 15) is 18.0 Å². The first-order valence-electron chi connectivity index (χ1n) is 7.05. The molecule has 2 nitrogen and oxygen atoms in total. The highest BCUT2D eigenvalue weighted by atomic mass is 19.4. The van der Waals surface area contributed by atoms with Gasteiger partial charge in [0.05, 0.1) is 5.56 Å². The third-order valence-electron chi connectivity index (χ3n) is 3.37. The van der Waals surface area contributed by atoms with Crippen molar-refractivity contribution in [2.45, 2.75) is 19.1 Å². The number of halogens is 3. The van der Waals surface area contributed by atoms with Crippen molar-refractivity contribution < 1.29 is 18.0 Å². The Balaban J connectivity index is 2.16. The highest BCUT2D eigenvalue weighted by Gasteiger charge is 2.30. The molecule has 0 heterocycles. The summed E-state index contributed by atoms with van der Waals surface area (Å²) in [6, 6.07) is 12.2. The Labute approximate surface area is 132 Å². The molecule has 0 unspecified atom stereocenters. The van der Waals surface area contributed by atoms with Crippen LogP contribution < -0.4 is 5.32 Å². The smallest absolute Gasteiger partial charge is 0.348 e. The normalized spacial score (nSPS) is 11.1. The minimum Gasteiger partial charge on any atom is -0.348 e. The standard InChI is InChI=1S/C18H16F3NO/c1-2-6-14-11-16(18(19,20)21)10-9-15(14)12-22-17(23)13-7-4-3-5-8-13/h2-5,7-11H,1,6,12H2,(H,22,23). The fourth-order valence-corrected chi connectivity index (χ4v) is 2.19. The predicted molar refractivity (Wildman–Crippen MR) is 83.0 cm³/mol. The van der Waals surface area contributed by atoms with E-state index in [0.717, 1.165) is 12.1 Å². The van der Waals surface area contributed by atoms with Gasteiger partial charge in [0, 0.05) is 12.1 Å². The van der Waals surface area contributed by atoms with E-state index in [1.54, 1.807) is 30.3 Å². The van der Waals surface area contributed by atoms with Crippen molar-refractivity contribution in [1.82, 2.24) is 5.32 Å². The quantitative estimate of drug-likeness (QED) is 0.815. The Hall–Kier alpha value is -2.56. The van der Waals surface area contributed by atoms with Gasteiger partial charge in [0.25, 0.3) is 5.91 Å². The van der Waals surface area contributed by atoms with Crippen molar-refractivity contribution in [1.29, 1.82) is 0 Å². The number of hydrogen-bond acceptors (Lipinski definition) is 1. The first-order valence-corrected chi connectivity index (χ1v) is 7.05. The number of carbonyl (C=O) groups is 1. The van der Waals surface area contributed by atoms with E-state index in [0.29, 0.717) is 23.1 Å². The molecule has 0 aromatic heterocycles. The molecule has 0 saturated carbocycles. The SMILES string of the molecule is C=CCc1cc(C(F)(F)F)ccc1CNC(=O)c1ccccc1. The van der Waals surface area contributed by atoms with Gasteiger partial charge in [-0.15, -0.1) is 6.58 Å². The number of carbonyl (C=O) groups excluding carboxylic acids is 1. The molecule has 0 aliphatic heterocycles. The second kappa shape index (κ2) is 7.13. The highest BCUT2D eigenvalue weighted by Crippen LogP contribution is 2.30. The van der Waals surface area contributed by atoms with E-state index in [1.807, 2.05) is 0 Å². The van der Waals surface area contributed by atoms with Gasteiger partial charge in [-0.2, -0.15) is 13.2 Å². The Morgan fingerprint density at radius 1 is 1.09 bits per heavy atom. The van der Waals surface area contributed by atoms with Gasteiger partial charge in [-0.3, -0.25) is 4.79 Å². The first kappa shape index (κ1) is 16.8. The van der Waals surface area contributed by atoms with Crippen molar-refractivity contribution in [3.8, 4) is 0 Å². The van der Waals surface area contributed by atoms with Gasteiger partial charge in [0.1, 0.15) is 0 Å². The summed E-state index contributed by atoms with van der Waals surface area (Å²) in [5.74, 6) is -0.268. The molecule has 1 amide bonds. The maximum Gasteiger partial charge on any atom is 0.416 e. The Morgan fingerprint density at radius 3 is 2.39 bits per heavy atom. The van der Waals surface area contributed by atoms with Gasteiger partial charge in [-0.05, 0) is 41.8 Å².